The fourth-order valence-corrected chi connectivity index (χ4v) is 3.79. The molecule has 32 heavy (non-hydrogen) atoms. The number of aryl methyl sites for hydroxylation is 1. The molecule has 0 saturated heterocycles. The van der Waals surface area contributed by atoms with Crippen molar-refractivity contribution in [2.75, 3.05) is 5.32 Å². The van der Waals surface area contributed by atoms with Gasteiger partial charge in [-0.3, -0.25) is 9.59 Å². The van der Waals surface area contributed by atoms with Crippen molar-refractivity contribution in [3.63, 3.8) is 0 Å². The zero-order valence-electron chi connectivity index (χ0n) is 17.9. The van der Waals surface area contributed by atoms with E-state index in [1.807, 2.05) is 30.3 Å². The van der Waals surface area contributed by atoms with E-state index in [-0.39, 0.29) is 17.9 Å². The molecular formula is C25H23FN4O2. The van der Waals surface area contributed by atoms with E-state index in [0.717, 1.165) is 34.4 Å². The lowest BCUT2D eigenvalue weighted by Gasteiger charge is -2.07. The minimum Gasteiger partial charge on any atom is -0.341 e. The van der Waals surface area contributed by atoms with Gasteiger partial charge < -0.3 is 9.88 Å². The molecule has 1 heterocycles. The summed E-state index contributed by atoms with van der Waals surface area (Å²) in [4.78, 5) is 24.5. The monoisotopic (exact) mass is 430 g/mol. The summed E-state index contributed by atoms with van der Waals surface area (Å²) in [5.41, 5.74) is 5.90. The van der Waals surface area contributed by atoms with Gasteiger partial charge in [0.1, 0.15) is 5.82 Å². The van der Waals surface area contributed by atoms with Crippen LogP contribution in [0.25, 0.3) is 21.8 Å². The third kappa shape index (κ3) is 4.37. The van der Waals surface area contributed by atoms with Crippen LogP contribution in [0, 0.1) is 5.82 Å². The Morgan fingerprint density at radius 2 is 1.75 bits per heavy atom. The van der Waals surface area contributed by atoms with Crippen molar-refractivity contribution < 1.29 is 14.0 Å². The normalized spacial score (nSPS) is 11.7. The highest BCUT2D eigenvalue weighted by molar-refractivity contribution is 6.11. The smallest absolute Gasteiger partial charge is 0.271 e. The number of carbonyl (C=O) groups excluding carboxylic acids is 2. The van der Waals surface area contributed by atoms with Crippen molar-refractivity contribution in [1.82, 2.24) is 9.99 Å². The van der Waals surface area contributed by atoms with E-state index < -0.39 is 11.7 Å². The summed E-state index contributed by atoms with van der Waals surface area (Å²) in [5, 5.41) is 9.05. The summed E-state index contributed by atoms with van der Waals surface area (Å²) in [6.07, 6.45) is 0.0121. The van der Waals surface area contributed by atoms with E-state index in [1.165, 1.54) is 18.2 Å². The molecule has 1 aromatic heterocycles. The molecule has 4 aromatic rings. The Balaban J connectivity index is 1.45. The maximum absolute atomic E-state index is 13.2. The SMILES string of the molecule is CCn1c2ccccc2c2cc(NC(=O)CC(C)=NNC(=O)c3cccc(F)c3)ccc21. The van der Waals surface area contributed by atoms with Gasteiger partial charge in [-0.05, 0) is 56.3 Å². The van der Waals surface area contributed by atoms with Gasteiger partial charge >= 0.3 is 0 Å². The lowest BCUT2D eigenvalue weighted by molar-refractivity contribution is -0.115. The zero-order valence-corrected chi connectivity index (χ0v) is 17.9. The molecule has 2 amide bonds. The first-order chi connectivity index (χ1) is 15.5. The molecule has 162 valence electrons. The number of nitrogens with zero attached hydrogens (tertiary/aromatic N) is 2. The Morgan fingerprint density at radius 1 is 0.969 bits per heavy atom. The summed E-state index contributed by atoms with van der Waals surface area (Å²) in [6, 6.07) is 19.4. The van der Waals surface area contributed by atoms with Crippen LogP contribution in [0.1, 0.15) is 30.6 Å². The standard InChI is InChI=1S/C25H23FN4O2/c1-3-30-22-10-5-4-9-20(22)21-15-19(11-12-23(21)30)27-24(31)13-16(2)28-29-25(32)17-7-6-8-18(26)14-17/h4-12,14-15H,3,13H2,1-2H3,(H,27,31)(H,29,32). The number of halogens is 1. The summed E-state index contributed by atoms with van der Waals surface area (Å²) < 4.78 is 15.5. The average Bonchev–Trinajstić information content (AvgIpc) is 3.10. The topological polar surface area (TPSA) is 75.5 Å². The lowest BCUT2D eigenvalue weighted by Crippen LogP contribution is -2.21. The van der Waals surface area contributed by atoms with Crippen molar-refractivity contribution >= 4 is 45.0 Å². The zero-order chi connectivity index (χ0) is 22.7. The Hall–Kier alpha value is -4.00. The number of aromatic nitrogens is 1. The molecule has 0 unspecified atom stereocenters. The van der Waals surface area contributed by atoms with E-state index in [2.05, 4.69) is 39.5 Å². The van der Waals surface area contributed by atoms with Gasteiger partial charge in [-0.1, -0.05) is 24.3 Å². The predicted molar refractivity (Wildman–Crippen MR) is 125 cm³/mol. The van der Waals surface area contributed by atoms with Crippen molar-refractivity contribution in [1.29, 1.82) is 0 Å². The Labute approximate surface area is 184 Å². The van der Waals surface area contributed by atoms with Crippen molar-refractivity contribution in [2.45, 2.75) is 26.8 Å². The second-order valence-corrected chi connectivity index (χ2v) is 7.52. The minimum atomic E-state index is -0.540. The van der Waals surface area contributed by atoms with Gasteiger partial charge in [-0.15, -0.1) is 0 Å². The predicted octanol–water partition coefficient (Wildman–Crippen LogP) is 5.09. The lowest BCUT2D eigenvalue weighted by atomic mass is 10.1. The van der Waals surface area contributed by atoms with E-state index in [4.69, 9.17) is 0 Å². The molecule has 3 aromatic carbocycles. The molecule has 0 aliphatic heterocycles. The third-order valence-electron chi connectivity index (χ3n) is 5.22. The Kier molecular flexibility index (Phi) is 5.98. The van der Waals surface area contributed by atoms with Gasteiger partial charge in [-0.25, -0.2) is 9.82 Å². The molecule has 0 spiro atoms. The summed E-state index contributed by atoms with van der Waals surface area (Å²) >= 11 is 0. The number of rotatable bonds is 6. The fourth-order valence-electron chi connectivity index (χ4n) is 3.79. The maximum Gasteiger partial charge on any atom is 0.271 e. The van der Waals surface area contributed by atoms with Gasteiger partial charge in [0.15, 0.2) is 0 Å². The van der Waals surface area contributed by atoms with Crippen LogP contribution in [0.2, 0.25) is 0 Å². The third-order valence-corrected chi connectivity index (χ3v) is 5.22. The van der Waals surface area contributed by atoms with E-state index in [9.17, 15) is 14.0 Å². The maximum atomic E-state index is 13.2. The van der Waals surface area contributed by atoms with Gasteiger partial charge in [0, 0.05) is 45.3 Å². The second-order valence-electron chi connectivity index (χ2n) is 7.52. The summed E-state index contributed by atoms with van der Waals surface area (Å²) in [6.45, 7) is 4.60. The van der Waals surface area contributed by atoms with E-state index >= 15 is 0 Å². The van der Waals surface area contributed by atoms with Gasteiger partial charge in [-0.2, -0.15) is 5.10 Å². The Bertz CT molecular complexity index is 1360. The van der Waals surface area contributed by atoms with Crippen LogP contribution in [-0.4, -0.2) is 22.1 Å². The molecule has 0 aliphatic rings. The number of nitrogens with one attached hydrogen (secondary N) is 2. The first-order valence-electron chi connectivity index (χ1n) is 10.4. The molecule has 6 nitrogen and oxygen atoms in total. The highest BCUT2D eigenvalue weighted by Crippen LogP contribution is 2.31. The molecular weight excluding hydrogens is 407 g/mol. The van der Waals surface area contributed by atoms with Crippen LogP contribution in [0.4, 0.5) is 10.1 Å². The quantitative estimate of drug-likeness (QED) is 0.330. The highest BCUT2D eigenvalue weighted by Gasteiger charge is 2.12. The average molecular weight is 430 g/mol. The molecule has 0 saturated carbocycles. The molecule has 4 rings (SSSR count). The number of hydrazone groups is 1. The number of hydrogen-bond donors (Lipinski definition) is 2. The number of benzene rings is 3. The minimum absolute atomic E-state index is 0.0121. The molecule has 0 atom stereocenters. The first-order valence-corrected chi connectivity index (χ1v) is 10.4. The van der Waals surface area contributed by atoms with E-state index in [0.29, 0.717) is 11.4 Å². The van der Waals surface area contributed by atoms with E-state index in [1.54, 1.807) is 6.92 Å². The summed E-state index contributed by atoms with van der Waals surface area (Å²) in [7, 11) is 0. The molecule has 7 heteroatoms. The van der Waals surface area contributed by atoms with Gasteiger partial charge in [0.2, 0.25) is 5.91 Å². The molecule has 0 aliphatic carbocycles. The van der Waals surface area contributed by atoms with Crippen LogP contribution in [0.3, 0.4) is 0 Å². The molecule has 0 radical (unpaired) electrons. The van der Waals surface area contributed by atoms with Crippen molar-refractivity contribution in [2.24, 2.45) is 5.10 Å². The summed E-state index contributed by atoms with van der Waals surface area (Å²) in [5.74, 6) is -1.29. The van der Waals surface area contributed by atoms with Crippen LogP contribution in [-0.2, 0) is 11.3 Å². The van der Waals surface area contributed by atoms with Crippen LogP contribution < -0.4 is 10.7 Å². The van der Waals surface area contributed by atoms with Gasteiger partial charge in [0.05, 0.1) is 6.42 Å². The number of amides is 2. The molecule has 0 fully saturated rings. The highest BCUT2D eigenvalue weighted by atomic mass is 19.1. The Morgan fingerprint density at radius 3 is 2.53 bits per heavy atom. The molecule has 0 bridgehead atoms. The number of fused-ring (bicyclic) bond motifs is 3. The number of carbonyl (C=O) groups is 2. The first kappa shape index (κ1) is 21.2. The van der Waals surface area contributed by atoms with Gasteiger partial charge in [0.25, 0.3) is 5.91 Å². The largest absolute Gasteiger partial charge is 0.341 e. The second kappa shape index (κ2) is 9.01. The molecule has 2 N–H and O–H groups in total. The van der Waals surface area contributed by atoms with Crippen molar-refractivity contribution in [3.05, 3.63) is 78.1 Å². The van der Waals surface area contributed by atoms with Crippen LogP contribution in [0.5, 0.6) is 0 Å². The fraction of sp³-hybridized carbons (Fsp3) is 0.160. The number of hydrogen-bond acceptors (Lipinski definition) is 3. The van der Waals surface area contributed by atoms with Crippen LogP contribution >= 0.6 is 0 Å². The van der Waals surface area contributed by atoms with Crippen molar-refractivity contribution in [3.8, 4) is 0 Å². The van der Waals surface area contributed by atoms with Crippen LogP contribution in [0.15, 0.2) is 71.8 Å². The number of para-hydroxylation sites is 1. The number of anilines is 1.